The molecule has 10 heteroatoms. The van der Waals surface area contributed by atoms with Crippen molar-refractivity contribution in [1.82, 2.24) is 10.2 Å². The summed E-state index contributed by atoms with van der Waals surface area (Å²) >= 11 is 0. The monoisotopic (exact) mass is 557 g/mol. The second kappa shape index (κ2) is 13.3. The van der Waals surface area contributed by atoms with Gasteiger partial charge in [0.15, 0.2) is 0 Å². The van der Waals surface area contributed by atoms with Crippen molar-refractivity contribution in [3.63, 3.8) is 0 Å². The Morgan fingerprint density at radius 1 is 0.846 bits per heavy atom. The summed E-state index contributed by atoms with van der Waals surface area (Å²) in [5, 5.41) is 2.89. The third-order valence-electron chi connectivity index (χ3n) is 6.02. The van der Waals surface area contributed by atoms with E-state index in [1.54, 1.807) is 0 Å². The van der Waals surface area contributed by atoms with Gasteiger partial charge in [0.2, 0.25) is 21.8 Å². The first-order valence-electron chi connectivity index (χ1n) is 12.5. The molecular weight excluding hydrogens is 524 g/mol. The number of hydrogen-bond donors (Lipinski definition) is 1. The number of halogens is 2. The summed E-state index contributed by atoms with van der Waals surface area (Å²) < 4.78 is 53.4. The number of hydrogen-bond acceptors (Lipinski definition) is 4. The molecule has 0 bridgehead atoms. The van der Waals surface area contributed by atoms with Crippen LogP contribution in [0.15, 0.2) is 78.9 Å². The SMILES string of the molecule is CC(C)CNC(=O)[C@H](Cc1ccccc1)N(Cc1ccc(F)cc1)C(=O)CN(c1ccc(F)cc1)S(C)(=O)=O. The van der Waals surface area contributed by atoms with Crippen molar-refractivity contribution in [3.8, 4) is 0 Å². The van der Waals surface area contributed by atoms with Gasteiger partial charge in [0.25, 0.3) is 0 Å². The van der Waals surface area contributed by atoms with Crippen LogP contribution in [-0.4, -0.2) is 50.5 Å². The lowest BCUT2D eigenvalue weighted by molar-refractivity contribution is -0.140. The maximum atomic E-state index is 13.9. The van der Waals surface area contributed by atoms with Gasteiger partial charge in [0.1, 0.15) is 24.2 Å². The first kappa shape index (κ1) is 29.8. The number of sulfonamides is 1. The molecule has 0 unspecified atom stereocenters. The van der Waals surface area contributed by atoms with Gasteiger partial charge in [-0.2, -0.15) is 0 Å². The fourth-order valence-electron chi connectivity index (χ4n) is 3.98. The van der Waals surface area contributed by atoms with Crippen molar-refractivity contribution in [2.45, 2.75) is 32.9 Å². The van der Waals surface area contributed by atoms with Gasteiger partial charge < -0.3 is 10.2 Å². The lowest BCUT2D eigenvalue weighted by Crippen LogP contribution is -2.53. The maximum Gasteiger partial charge on any atom is 0.244 e. The molecule has 1 N–H and O–H groups in total. The van der Waals surface area contributed by atoms with Crippen LogP contribution >= 0.6 is 0 Å². The lowest BCUT2D eigenvalue weighted by atomic mass is 10.0. The number of benzene rings is 3. The number of carbonyl (C=O) groups excluding carboxylic acids is 2. The van der Waals surface area contributed by atoms with Crippen molar-refractivity contribution in [3.05, 3.63) is 102 Å². The summed E-state index contributed by atoms with van der Waals surface area (Å²) in [4.78, 5) is 28.7. The van der Waals surface area contributed by atoms with Gasteiger partial charge in [0.05, 0.1) is 11.9 Å². The number of nitrogens with one attached hydrogen (secondary N) is 1. The van der Waals surface area contributed by atoms with Gasteiger partial charge in [-0.25, -0.2) is 17.2 Å². The molecule has 1 atom stereocenters. The van der Waals surface area contributed by atoms with Crippen molar-refractivity contribution in [2.75, 3.05) is 23.7 Å². The van der Waals surface area contributed by atoms with Crippen LogP contribution in [0.3, 0.4) is 0 Å². The average molecular weight is 558 g/mol. The Labute approximate surface area is 228 Å². The van der Waals surface area contributed by atoms with E-state index in [0.717, 1.165) is 28.3 Å². The van der Waals surface area contributed by atoms with Crippen molar-refractivity contribution >= 4 is 27.5 Å². The first-order chi connectivity index (χ1) is 18.4. The second-order valence-electron chi connectivity index (χ2n) is 9.74. The van der Waals surface area contributed by atoms with E-state index in [1.807, 2.05) is 44.2 Å². The molecule has 3 aromatic carbocycles. The topological polar surface area (TPSA) is 86.8 Å². The minimum Gasteiger partial charge on any atom is -0.354 e. The largest absolute Gasteiger partial charge is 0.354 e. The highest BCUT2D eigenvalue weighted by molar-refractivity contribution is 7.92. The van der Waals surface area contributed by atoms with E-state index in [2.05, 4.69) is 5.32 Å². The summed E-state index contributed by atoms with van der Waals surface area (Å²) in [5.74, 6) is -1.88. The molecule has 3 aromatic rings. The van der Waals surface area contributed by atoms with Crippen LogP contribution in [0.1, 0.15) is 25.0 Å². The van der Waals surface area contributed by atoms with Gasteiger partial charge in [-0.15, -0.1) is 0 Å². The predicted octanol–water partition coefficient (Wildman–Crippen LogP) is 4.14. The number of anilines is 1. The average Bonchev–Trinajstić information content (AvgIpc) is 2.89. The highest BCUT2D eigenvalue weighted by Crippen LogP contribution is 2.21. The first-order valence-corrected chi connectivity index (χ1v) is 14.4. The van der Waals surface area contributed by atoms with E-state index >= 15 is 0 Å². The smallest absolute Gasteiger partial charge is 0.244 e. The quantitative estimate of drug-likeness (QED) is 0.363. The van der Waals surface area contributed by atoms with Gasteiger partial charge in [-0.05, 0) is 53.4 Å². The fraction of sp³-hybridized carbons (Fsp3) is 0.310. The molecule has 0 saturated carbocycles. The van der Waals surface area contributed by atoms with Crippen molar-refractivity contribution < 1.29 is 26.8 Å². The summed E-state index contributed by atoms with van der Waals surface area (Å²) in [7, 11) is -3.95. The van der Waals surface area contributed by atoms with Gasteiger partial charge in [-0.1, -0.05) is 56.3 Å². The minimum atomic E-state index is -3.95. The normalized spacial score (nSPS) is 12.2. The van der Waals surface area contributed by atoms with E-state index in [-0.39, 0.29) is 24.6 Å². The molecule has 0 aliphatic heterocycles. The zero-order valence-corrected chi connectivity index (χ0v) is 23.0. The Morgan fingerprint density at radius 2 is 1.41 bits per heavy atom. The molecule has 2 amide bonds. The Balaban J connectivity index is 2.03. The Bertz CT molecular complexity index is 1350. The number of carbonyl (C=O) groups is 2. The second-order valence-corrected chi connectivity index (χ2v) is 11.6. The lowest BCUT2D eigenvalue weighted by Gasteiger charge is -2.33. The fourth-order valence-corrected chi connectivity index (χ4v) is 4.83. The predicted molar refractivity (Wildman–Crippen MR) is 147 cm³/mol. The molecule has 0 aliphatic carbocycles. The summed E-state index contributed by atoms with van der Waals surface area (Å²) in [6.45, 7) is 3.59. The molecule has 0 radical (unpaired) electrons. The molecule has 0 aromatic heterocycles. The standard InChI is InChI=1S/C29H33F2N3O4S/c1-21(2)18-32-29(36)27(17-22-7-5-4-6-8-22)33(19-23-9-11-24(30)12-10-23)28(35)20-34(39(3,37)38)26-15-13-25(31)14-16-26/h4-16,21,27H,17-20H2,1-3H3,(H,32,36)/t27-/m0/s1. The third-order valence-corrected chi connectivity index (χ3v) is 7.16. The number of rotatable bonds is 12. The molecule has 208 valence electrons. The van der Waals surface area contributed by atoms with Crippen LogP contribution in [0, 0.1) is 17.6 Å². The van der Waals surface area contributed by atoms with Gasteiger partial charge >= 0.3 is 0 Å². The van der Waals surface area contributed by atoms with E-state index in [0.29, 0.717) is 12.1 Å². The zero-order chi connectivity index (χ0) is 28.6. The van der Waals surface area contributed by atoms with Crippen molar-refractivity contribution in [1.29, 1.82) is 0 Å². The molecule has 0 saturated heterocycles. The molecule has 0 heterocycles. The van der Waals surface area contributed by atoms with Crippen LogP contribution in [0.2, 0.25) is 0 Å². The number of nitrogens with zero attached hydrogens (tertiary/aromatic N) is 2. The zero-order valence-electron chi connectivity index (χ0n) is 22.2. The molecule has 7 nitrogen and oxygen atoms in total. The number of amides is 2. The van der Waals surface area contributed by atoms with Crippen molar-refractivity contribution in [2.24, 2.45) is 5.92 Å². The van der Waals surface area contributed by atoms with Gasteiger partial charge in [-0.3, -0.25) is 13.9 Å². The third kappa shape index (κ3) is 8.88. The maximum absolute atomic E-state index is 13.9. The van der Waals surface area contributed by atoms with E-state index < -0.39 is 46.1 Å². The van der Waals surface area contributed by atoms with Crippen LogP contribution in [-0.2, 0) is 32.6 Å². The highest BCUT2D eigenvalue weighted by atomic mass is 32.2. The van der Waals surface area contributed by atoms with Crippen LogP contribution in [0.5, 0.6) is 0 Å². The Morgan fingerprint density at radius 3 is 1.95 bits per heavy atom. The van der Waals surface area contributed by atoms with Crippen LogP contribution in [0.4, 0.5) is 14.5 Å². The van der Waals surface area contributed by atoms with E-state index in [1.165, 1.54) is 41.3 Å². The van der Waals surface area contributed by atoms with E-state index in [9.17, 15) is 26.8 Å². The molecule has 0 spiro atoms. The summed E-state index contributed by atoms with van der Waals surface area (Å²) in [5.41, 5.74) is 1.47. The van der Waals surface area contributed by atoms with Gasteiger partial charge in [0, 0.05) is 19.5 Å². The highest BCUT2D eigenvalue weighted by Gasteiger charge is 2.33. The molecular formula is C29H33F2N3O4S. The van der Waals surface area contributed by atoms with Crippen LogP contribution in [0.25, 0.3) is 0 Å². The summed E-state index contributed by atoms with van der Waals surface area (Å²) in [6, 6.07) is 18.4. The van der Waals surface area contributed by atoms with Crippen LogP contribution < -0.4 is 9.62 Å². The Kier molecular flexibility index (Phi) is 10.2. The van der Waals surface area contributed by atoms with E-state index in [4.69, 9.17) is 0 Å². The summed E-state index contributed by atoms with van der Waals surface area (Å²) in [6.07, 6.45) is 1.12. The molecule has 0 fully saturated rings. The molecule has 3 rings (SSSR count). The minimum absolute atomic E-state index is 0.0628. The molecule has 39 heavy (non-hydrogen) atoms. The molecule has 0 aliphatic rings. The Hall–Kier alpha value is -3.79.